The molecule has 4 nitrogen and oxygen atoms in total. The third kappa shape index (κ3) is 4.53. The number of aromatic amines is 1. The number of aryl methyl sites for hydroxylation is 1. The number of aromatic hydroxyl groups is 2. The highest BCUT2D eigenvalue weighted by Gasteiger charge is 2.16. The number of phenolic OH excluding ortho intramolecular Hbond substituents is 2. The lowest BCUT2D eigenvalue weighted by molar-refractivity contribution is -0.111. The number of H-pyrrole nitrogens is 1. The third-order valence-corrected chi connectivity index (χ3v) is 5.96. The molecule has 0 radical (unpaired) electrons. The lowest BCUT2D eigenvalue weighted by Gasteiger charge is -2.12. The summed E-state index contributed by atoms with van der Waals surface area (Å²) in [6.07, 6.45) is 7.34. The average molecular weight is 408 g/mol. The fourth-order valence-electron chi connectivity index (χ4n) is 4.18. The normalized spacial score (nSPS) is 13.6. The molecule has 0 spiro atoms. The predicted molar refractivity (Wildman–Crippen MR) is 125 cm³/mol. The van der Waals surface area contributed by atoms with Crippen molar-refractivity contribution in [2.75, 3.05) is 0 Å². The van der Waals surface area contributed by atoms with Crippen LogP contribution in [0.15, 0.2) is 18.2 Å². The van der Waals surface area contributed by atoms with Gasteiger partial charge < -0.3 is 15.2 Å². The van der Waals surface area contributed by atoms with Crippen molar-refractivity contribution in [2.45, 2.75) is 59.8 Å². The number of carbonyl (C=O) groups excluding carboxylic acids is 1. The van der Waals surface area contributed by atoms with Crippen LogP contribution >= 0.6 is 0 Å². The standard InChI is InChI=1S/C26H33NO3/c1-15(2)7-6-8-16(3)9-10-19-11-12-22-21(14-19)23-24(27-22)20(13-17(4)28)18(5)25(29)26(23)30/h11-16,27,29-30H,5-10H2,1-4H3. The average Bonchev–Trinajstić information content (AvgIpc) is 3.06. The highest BCUT2D eigenvalue weighted by molar-refractivity contribution is 6.14. The van der Waals surface area contributed by atoms with E-state index in [9.17, 15) is 15.0 Å². The van der Waals surface area contributed by atoms with Crippen LogP contribution in [0.25, 0.3) is 34.5 Å². The molecule has 3 aromatic rings. The summed E-state index contributed by atoms with van der Waals surface area (Å²) >= 11 is 0. The highest BCUT2D eigenvalue weighted by Crippen LogP contribution is 2.35. The number of ketones is 1. The second kappa shape index (κ2) is 8.95. The van der Waals surface area contributed by atoms with E-state index in [4.69, 9.17) is 0 Å². The molecule has 0 saturated carbocycles. The van der Waals surface area contributed by atoms with Gasteiger partial charge in [-0.05, 0) is 55.4 Å². The van der Waals surface area contributed by atoms with Crippen LogP contribution in [0.2, 0.25) is 0 Å². The van der Waals surface area contributed by atoms with Gasteiger partial charge in [0.2, 0.25) is 0 Å². The van der Waals surface area contributed by atoms with E-state index in [2.05, 4.69) is 44.5 Å². The number of fused-ring (bicyclic) bond motifs is 3. The highest BCUT2D eigenvalue weighted by atomic mass is 16.3. The minimum atomic E-state index is -0.278. The summed E-state index contributed by atoms with van der Waals surface area (Å²) in [4.78, 5) is 15.0. The second-order valence-corrected chi connectivity index (χ2v) is 9.07. The monoisotopic (exact) mass is 407 g/mol. The number of rotatable bonds is 8. The Labute approximate surface area is 177 Å². The lowest BCUT2D eigenvalue weighted by Crippen LogP contribution is -2.25. The van der Waals surface area contributed by atoms with Crippen molar-refractivity contribution < 1.29 is 15.0 Å². The summed E-state index contributed by atoms with van der Waals surface area (Å²) in [5.41, 5.74) is 2.69. The summed E-state index contributed by atoms with van der Waals surface area (Å²) in [7, 11) is 0. The molecule has 0 amide bonds. The van der Waals surface area contributed by atoms with E-state index >= 15 is 0 Å². The van der Waals surface area contributed by atoms with Crippen molar-refractivity contribution >= 4 is 40.2 Å². The van der Waals surface area contributed by atoms with Gasteiger partial charge >= 0.3 is 0 Å². The Morgan fingerprint density at radius 3 is 2.53 bits per heavy atom. The van der Waals surface area contributed by atoms with Crippen LogP contribution < -0.4 is 10.4 Å². The van der Waals surface area contributed by atoms with Crippen LogP contribution in [0.3, 0.4) is 0 Å². The van der Waals surface area contributed by atoms with Crippen molar-refractivity contribution in [3.8, 4) is 11.5 Å². The Morgan fingerprint density at radius 2 is 1.87 bits per heavy atom. The number of carbonyl (C=O) groups is 1. The molecular formula is C26H33NO3. The minimum Gasteiger partial charge on any atom is -0.504 e. The molecule has 0 aliphatic rings. The third-order valence-electron chi connectivity index (χ3n) is 5.96. The maximum absolute atomic E-state index is 11.7. The van der Waals surface area contributed by atoms with Gasteiger partial charge in [-0.3, -0.25) is 4.79 Å². The van der Waals surface area contributed by atoms with Gasteiger partial charge in [0.05, 0.1) is 10.9 Å². The van der Waals surface area contributed by atoms with E-state index < -0.39 is 0 Å². The van der Waals surface area contributed by atoms with Gasteiger partial charge in [-0.1, -0.05) is 52.7 Å². The molecular weight excluding hydrogens is 374 g/mol. The molecule has 1 atom stereocenters. The van der Waals surface area contributed by atoms with Gasteiger partial charge in [0.1, 0.15) is 0 Å². The Balaban J connectivity index is 1.97. The topological polar surface area (TPSA) is 73.3 Å². The van der Waals surface area contributed by atoms with Crippen LogP contribution in [0, 0.1) is 11.8 Å². The van der Waals surface area contributed by atoms with Crippen molar-refractivity contribution in [1.82, 2.24) is 4.98 Å². The quantitative estimate of drug-likeness (QED) is 0.465. The van der Waals surface area contributed by atoms with Gasteiger partial charge in [0.25, 0.3) is 0 Å². The van der Waals surface area contributed by atoms with Gasteiger partial charge in [0, 0.05) is 21.3 Å². The molecule has 160 valence electrons. The molecule has 1 heterocycles. The molecule has 0 fully saturated rings. The van der Waals surface area contributed by atoms with Crippen LogP contribution in [0.4, 0.5) is 0 Å². The van der Waals surface area contributed by atoms with Crippen molar-refractivity contribution in [2.24, 2.45) is 11.8 Å². The molecule has 1 unspecified atom stereocenters. The molecule has 4 heteroatoms. The Bertz CT molecular complexity index is 1190. The van der Waals surface area contributed by atoms with E-state index in [0.717, 1.165) is 29.7 Å². The van der Waals surface area contributed by atoms with Crippen LogP contribution in [-0.2, 0) is 11.2 Å². The zero-order chi connectivity index (χ0) is 22.0. The summed E-state index contributed by atoms with van der Waals surface area (Å²) < 4.78 is 0. The molecule has 0 bridgehead atoms. The Kier molecular flexibility index (Phi) is 6.55. The Hall–Kier alpha value is -2.75. The van der Waals surface area contributed by atoms with Gasteiger partial charge in [-0.15, -0.1) is 0 Å². The largest absolute Gasteiger partial charge is 0.504 e. The lowest BCUT2D eigenvalue weighted by atomic mass is 9.94. The predicted octanol–water partition coefficient (Wildman–Crippen LogP) is 4.91. The molecule has 30 heavy (non-hydrogen) atoms. The number of aromatic nitrogens is 1. The molecule has 0 saturated heterocycles. The van der Waals surface area contributed by atoms with Crippen molar-refractivity contribution in [3.05, 3.63) is 34.2 Å². The molecule has 3 N–H and O–H groups in total. The number of phenols is 2. The maximum Gasteiger partial charge on any atom is 0.168 e. The summed E-state index contributed by atoms with van der Waals surface area (Å²) in [5.74, 6) is 0.818. The van der Waals surface area contributed by atoms with E-state index in [1.54, 1.807) is 0 Å². The van der Waals surface area contributed by atoms with Crippen LogP contribution in [-0.4, -0.2) is 21.0 Å². The first-order valence-corrected chi connectivity index (χ1v) is 10.9. The van der Waals surface area contributed by atoms with Crippen LogP contribution in [0.1, 0.15) is 58.9 Å². The van der Waals surface area contributed by atoms with E-state index in [0.29, 0.717) is 22.0 Å². The SMILES string of the molecule is C=c1c(O)c(O)c2c([nH]c3ccc(CCC(C)CCCC(C)C)cc32)c1=CC(C)=O. The summed E-state index contributed by atoms with van der Waals surface area (Å²) in [5, 5.41) is 23.2. The first kappa shape index (κ1) is 21.9. The van der Waals surface area contributed by atoms with Gasteiger partial charge in [-0.25, -0.2) is 0 Å². The number of nitrogens with one attached hydrogen (secondary N) is 1. The number of hydrogen-bond acceptors (Lipinski definition) is 3. The van der Waals surface area contributed by atoms with Gasteiger partial charge in [0.15, 0.2) is 17.3 Å². The molecule has 1 aromatic heterocycles. The van der Waals surface area contributed by atoms with E-state index in [1.165, 1.54) is 37.8 Å². The first-order valence-electron chi connectivity index (χ1n) is 10.9. The number of benzene rings is 2. The maximum atomic E-state index is 11.7. The van der Waals surface area contributed by atoms with Crippen LogP contribution in [0.5, 0.6) is 11.5 Å². The number of hydrogen-bond donors (Lipinski definition) is 3. The number of Topliss-reactive ketones (excluding diaryl/α,β-unsaturated/α-hetero) is 1. The molecule has 0 aliphatic carbocycles. The van der Waals surface area contributed by atoms with Crippen molar-refractivity contribution in [1.29, 1.82) is 0 Å². The smallest absolute Gasteiger partial charge is 0.168 e. The van der Waals surface area contributed by atoms with Gasteiger partial charge in [-0.2, -0.15) is 0 Å². The Morgan fingerprint density at radius 1 is 1.13 bits per heavy atom. The van der Waals surface area contributed by atoms with Crippen molar-refractivity contribution in [3.63, 3.8) is 0 Å². The van der Waals surface area contributed by atoms with E-state index in [-0.39, 0.29) is 22.5 Å². The zero-order valence-electron chi connectivity index (χ0n) is 18.5. The zero-order valence-corrected chi connectivity index (χ0v) is 18.5. The van der Waals surface area contributed by atoms with E-state index in [1.807, 2.05) is 6.07 Å². The summed E-state index contributed by atoms with van der Waals surface area (Å²) in [6, 6.07) is 6.19. The molecule has 3 rings (SSSR count). The molecule has 0 aliphatic heterocycles. The second-order valence-electron chi connectivity index (χ2n) is 9.07. The first-order chi connectivity index (χ1) is 14.2. The fourth-order valence-corrected chi connectivity index (χ4v) is 4.18. The minimum absolute atomic E-state index is 0.142. The summed E-state index contributed by atoms with van der Waals surface area (Å²) in [6.45, 7) is 12.2. The molecule has 2 aromatic carbocycles. The fraction of sp³-hybridized carbons (Fsp3) is 0.423.